The molecule has 0 saturated carbocycles. The Bertz CT molecular complexity index is 553. The van der Waals surface area contributed by atoms with Gasteiger partial charge >= 0.3 is 0 Å². The number of benzene rings is 1. The monoisotopic (exact) mass is 496 g/mol. The van der Waals surface area contributed by atoms with Crippen LogP contribution in [0.1, 0.15) is 18.9 Å². The third-order valence-electron chi connectivity index (χ3n) is 3.51. The smallest absolute Gasteiger partial charge is 0.243 e. The molecule has 1 aromatic carbocycles. The average molecular weight is 497 g/mol. The summed E-state index contributed by atoms with van der Waals surface area (Å²) >= 11 is 5.93. The van der Waals surface area contributed by atoms with E-state index >= 15 is 0 Å². The van der Waals surface area contributed by atoms with E-state index in [-0.39, 0.29) is 36.4 Å². The maximum absolute atomic E-state index is 11.8. The molecule has 26 heavy (non-hydrogen) atoms. The Labute approximate surface area is 178 Å². The summed E-state index contributed by atoms with van der Waals surface area (Å²) in [6.45, 7) is 4.92. The summed E-state index contributed by atoms with van der Waals surface area (Å²) in [5.74, 6) is 0.662. The summed E-state index contributed by atoms with van der Waals surface area (Å²) < 4.78 is 5.35. The summed E-state index contributed by atoms with van der Waals surface area (Å²) in [7, 11) is 5.40. The Balaban J connectivity index is 0.00000625. The van der Waals surface area contributed by atoms with Crippen LogP contribution in [-0.2, 0) is 16.1 Å². The fourth-order valence-corrected chi connectivity index (χ4v) is 2.18. The fourth-order valence-electron chi connectivity index (χ4n) is 2.05. The molecule has 6 nitrogen and oxygen atoms in total. The highest BCUT2D eigenvalue weighted by Gasteiger charge is 2.09. The topological polar surface area (TPSA) is 57.2 Å². The lowest BCUT2D eigenvalue weighted by molar-refractivity contribution is -0.127. The van der Waals surface area contributed by atoms with Gasteiger partial charge in [-0.25, -0.2) is 4.99 Å². The lowest BCUT2D eigenvalue weighted by Gasteiger charge is -2.23. The molecule has 0 aromatic heterocycles. The molecule has 0 fully saturated rings. The number of ether oxygens (including phenoxy) is 1. The van der Waals surface area contributed by atoms with Crippen molar-refractivity contribution in [3.63, 3.8) is 0 Å². The highest BCUT2D eigenvalue weighted by molar-refractivity contribution is 14.0. The molecule has 8 heteroatoms. The third-order valence-corrected chi connectivity index (χ3v) is 3.76. The quantitative estimate of drug-likeness (QED) is 0.247. The van der Waals surface area contributed by atoms with Crippen LogP contribution in [0.2, 0.25) is 5.02 Å². The molecule has 1 amide bonds. The molecule has 0 aliphatic heterocycles. The Morgan fingerprint density at radius 3 is 2.46 bits per heavy atom. The molecule has 1 rings (SSSR count). The maximum atomic E-state index is 11.8. The van der Waals surface area contributed by atoms with E-state index in [9.17, 15) is 4.79 Å². The van der Waals surface area contributed by atoms with Crippen LogP contribution >= 0.6 is 35.6 Å². The highest BCUT2D eigenvalue weighted by atomic mass is 127. The molecule has 0 aliphatic carbocycles. The predicted octanol–water partition coefficient (Wildman–Crippen LogP) is 2.85. The number of carbonyl (C=O) groups excluding carboxylic acids is 1. The largest absolute Gasteiger partial charge is 0.382 e. The van der Waals surface area contributed by atoms with Crippen molar-refractivity contribution in [1.82, 2.24) is 15.1 Å². The number of hydrogen-bond donors (Lipinski definition) is 1. The molecule has 1 aromatic rings. The van der Waals surface area contributed by atoms with Gasteiger partial charge in [-0.05, 0) is 31.0 Å². The van der Waals surface area contributed by atoms with Gasteiger partial charge in [-0.1, -0.05) is 23.7 Å². The first-order chi connectivity index (χ1) is 11.9. The van der Waals surface area contributed by atoms with E-state index in [1.54, 1.807) is 14.1 Å². The van der Waals surface area contributed by atoms with E-state index < -0.39 is 0 Å². The molecule has 0 spiro atoms. The van der Waals surface area contributed by atoms with E-state index in [0.717, 1.165) is 25.1 Å². The van der Waals surface area contributed by atoms with Gasteiger partial charge in [0.15, 0.2) is 5.96 Å². The van der Waals surface area contributed by atoms with Gasteiger partial charge in [-0.3, -0.25) is 4.79 Å². The highest BCUT2D eigenvalue weighted by Crippen LogP contribution is 2.11. The van der Waals surface area contributed by atoms with E-state index in [4.69, 9.17) is 16.3 Å². The van der Waals surface area contributed by atoms with Crippen LogP contribution in [-0.4, -0.2) is 69.1 Å². The summed E-state index contributed by atoms with van der Waals surface area (Å²) in [6.07, 6.45) is 0.878. The summed E-state index contributed by atoms with van der Waals surface area (Å²) in [5, 5.41) is 4.02. The number of nitrogens with zero attached hydrogens (tertiary/aromatic N) is 3. The molecule has 0 aliphatic rings. The zero-order valence-electron chi connectivity index (χ0n) is 16.0. The molecule has 0 unspecified atom stereocenters. The number of rotatable bonds is 9. The van der Waals surface area contributed by atoms with Gasteiger partial charge < -0.3 is 19.9 Å². The van der Waals surface area contributed by atoms with Crippen LogP contribution in [0.25, 0.3) is 0 Å². The summed E-state index contributed by atoms with van der Waals surface area (Å²) in [6, 6.07) is 7.70. The lowest BCUT2D eigenvalue weighted by Crippen LogP contribution is -2.40. The SMILES string of the molecule is CCOCCCNC(=NCC(=O)N(C)C)N(C)Cc1ccc(Cl)cc1.I. The average Bonchev–Trinajstić information content (AvgIpc) is 2.58. The molecule has 1 N–H and O–H groups in total. The van der Waals surface area contributed by atoms with Gasteiger partial charge in [0.1, 0.15) is 6.54 Å². The first-order valence-electron chi connectivity index (χ1n) is 8.45. The second kappa shape index (κ2) is 14.1. The van der Waals surface area contributed by atoms with Crippen molar-refractivity contribution in [2.75, 3.05) is 47.4 Å². The zero-order valence-corrected chi connectivity index (χ0v) is 19.1. The Morgan fingerprint density at radius 1 is 1.23 bits per heavy atom. The number of nitrogens with one attached hydrogen (secondary N) is 1. The van der Waals surface area contributed by atoms with Gasteiger partial charge in [0.2, 0.25) is 5.91 Å². The van der Waals surface area contributed by atoms with E-state index in [2.05, 4.69) is 10.3 Å². The minimum absolute atomic E-state index is 0. The predicted molar refractivity (Wildman–Crippen MR) is 118 cm³/mol. The number of carbonyl (C=O) groups is 1. The number of halogens is 2. The Kier molecular flexibility index (Phi) is 13.5. The number of likely N-dealkylation sites (N-methyl/N-ethyl adjacent to an activating group) is 1. The number of hydrogen-bond acceptors (Lipinski definition) is 3. The van der Waals surface area contributed by atoms with Crippen LogP contribution in [0.15, 0.2) is 29.3 Å². The zero-order chi connectivity index (χ0) is 18.7. The van der Waals surface area contributed by atoms with Gasteiger partial charge in [-0.15, -0.1) is 24.0 Å². The molecule has 0 atom stereocenters. The van der Waals surface area contributed by atoms with Crippen molar-refractivity contribution in [3.8, 4) is 0 Å². The van der Waals surface area contributed by atoms with Crippen LogP contribution in [0.4, 0.5) is 0 Å². The van der Waals surface area contributed by atoms with Gasteiger partial charge in [-0.2, -0.15) is 0 Å². The first-order valence-corrected chi connectivity index (χ1v) is 8.83. The summed E-state index contributed by atoms with van der Waals surface area (Å²) in [5.41, 5.74) is 1.12. The minimum atomic E-state index is -0.0338. The molecule has 0 saturated heterocycles. The van der Waals surface area contributed by atoms with Crippen LogP contribution in [0, 0.1) is 0 Å². The van der Waals surface area contributed by atoms with Crippen LogP contribution in [0.3, 0.4) is 0 Å². The number of guanidine groups is 1. The Morgan fingerprint density at radius 2 is 1.88 bits per heavy atom. The minimum Gasteiger partial charge on any atom is -0.382 e. The van der Waals surface area contributed by atoms with E-state index in [1.165, 1.54) is 4.90 Å². The van der Waals surface area contributed by atoms with Crippen molar-refractivity contribution >= 4 is 47.4 Å². The van der Waals surface area contributed by atoms with Gasteiger partial charge in [0, 0.05) is 52.5 Å². The van der Waals surface area contributed by atoms with Gasteiger partial charge in [0.25, 0.3) is 0 Å². The molecule has 0 radical (unpaired) electrons. The van der Waals surface area contributed by atoms with E-state index in [1.807, 2.05) is 43.1 Å². The standard InChI is InChI=1S/C18H29ClN4O2.HI/c1-5-25-12-6-11-20-18(21-13-17(24)22(2)3)23(4)14-15-7-9-16(19)10-8-15;/h7-10H,5-6,11-14H2,1-4H3,(H,20,21);1H. The van der Waals surface area contributed by atoms with Crippen molar-refractivity contribution in [3.05, 3.63) is 34.9 Å². The number of aliphatic imine (C=N–C) groups is 1. The molecule has 0 bridgehead atoms. The lowest BCUT2D eigenvalue weighted by atomic mass is 10.2. The van der Waals surface area contributed by atoms with Crippen LogP contribution < -0.4 is 5.32 Å². The number of amides is 1. The second-order valence-electron chi connectivity index (χ2n) is 5.89. The molecular formula is C18H30ClIN4O2. The van der Waals surface area contributed by atoms with Crippen molar-refractivity contribution in [1.29, 1.82) is 0 Å². The molecule has 148 valence electrons. The fraction of sp³-hybridized carbons (Fsp3) is 0.556. The van der Waals surface area contributed by atoms with Gasteiger partial charge in [0.05, 0.1) is 0 Å². The second-order valence-corrected chi connectivity index (χ2v) is 6.32. The summed E-state index contributed by atoms with van der Waals surface area (Å²) in [4.78, 5) is 19.8. The molecule has 0 heterocycles. The van der Waals surface area contributed by atoms with E-state index in [0.29, 0.717) is 24.1 Å². The van der Waals surface area contributed by atoms with Crippen molar-refractivity contribution in [2.24, 2.45) is 4.99 Å². The van der Waals surface area contributed by atoms with Crippen molar-refractivity contribution in [2.45, 2.75) is 19.9 Å². The first kappa shape index (κ1) is 24.9. The normalized spacial score (nSPS) is 10.9. The Hall–Kier alpha value is -1.06. The maximum Gasteiger partial charge on any atom is 0.243 e. The molecular weight excluding hydrogens is 467 g/mol. The third kappa shape index (κ3) is 10.2. The van der Waals surface area contributed by atoms with Crippen LogP contribution in [0.5, 0.6) is 0 Å². The van der Waals surface area contributed by atoms with Crippen molar-refractivity contribution < 1.29 is 9.53 Å².